The quantitative estimate of drug-likeness (QED) is 0.531. The molecule has 3 aromatic rings. The molecule has 10 heteroatoms. The van der Waals surface area contributed by atoms with Crippen LogP contribution in [-0.4, -0.2) is 10.9 Å². The third-order valence-corrected chi connectivity index (χ3v) is 6.63. The van der Waals surface area contributed by atoms with Crippen LogP contribution in [-0.2, 0) is 6.18 Å². The number of anilines is 1. The molecule has 4 nitrogen and oxygen atoms in total. The van der Waals surface area contributed by atoms with Crippen LogP contribution in [0.5, 0.6) is 0 Å². The molecule has 0 spiro atoms. The highest BCUT2D eigenvalue weighted by Crippen LogP contribution is 2.43. The summed E-state index contributed by atoms with van der Waals surface area (Å²) < 4.78 is 39.9. The normalized spacial score (nSPS) is 17.3. The van der Waals surface area contributed by atoms with E-state index >= 15 is 0 Å². The molecule has 1 aliphatic rings. The molecule has 3 aromatic heterocycles. The highest BCUT2D eigenvalue weighted by molar-refractivity contribution is 9.10. The summed E-state index contributed by atoms with van der Waals surface area (Å²) in [6.45, 7) is 1.59. The van der Waals surface area contributed by atoms with Crippen LogP contribution in [0.4, 0.5) is 18.9 Å². The lowest BCUT2D eigenvalue weighted by molar-refractivity contribution is -0.141. The Kier molecular flexibility index (Phi) is 3.82. The average Bonchev–Trinajstić information content (AvgIpc) is 3.10. The van der Waals surface area contributed by atoms with Crippen LogP contribution in [0.1, 0.15) is 32.0 Å². The van der Waals surface area contributed by atoms with E-state index in [-0.39, 0.29) is 10.7 Å². The van der Waals surface area contributed by atoms with Gasteiger partial charge in [-0.2, -0.15) is 13.2 Å². The van der Waals surface area contributed by atoms with Gasteiger partial charge in [0.05, 0.1) is 5.69 Å². The number of rotatable bonds is 1. The number of nitrogens with zero attached hydrogens (tertiary/aromatic N) is 1. The van der Waals surface area contributed by atoms with Crippen LogP contribution in [0.25, 0.3) is 10.2 Å². The number of amides is 1. The van der Waals surface area contributed by atoms with Crippen LogP contribution >= 0.6 is 38.6 Å². The summed E-state index contributed by atoms with van der Waals surface area (Å²) in [5.74, 6) is -0.320. The van der Waals surface area contributed by atoms with Gasteiger partial charge in [0.15, 0.2) is 0 Å². The van der Waals surface area contributed by atoms with E-state index in [0.717, 1.165) is 26.8 Å². The number of halogens is 4. The molecule has 1 amide bonds. The number of aryl methyl sites for hydroxylation is 1. The lowest BCUT2D eigenvalue weighted by Gasteiger charge is -2.25. The van der Waals surface area contributed by atoms with E-state index in [1.54, 1.807) is 6.92 Å². The number of nitrogens with one attached hydrogen (secondary N) is 2. The third-order valence-electron chi connectivity index (χ3n) is 3.79. The van der Waals surface area contributed by atoms with E-state index in [0.29, 0.717) is 21.5 Å². The van der Waals surface area contributed by atoms with Gasteiger partial charge >= 0.3 is 6.18 Å². The third kappa shape index (κ3) is 2.81. The van der Waals surface area contributed by atoms with Crippen molar-refractivity contribution >= 4 is 60.4 Å². The second-order valence-electron chi connectivity index (χ2n) is 5.53. The van der Waals surface area contributed by atoms with Gasteiger partial charge in [0.2, 0.25) is 0 Å². The van der Waals surface area contributed by atoms with Crippen molar-refractivity contribution in [2.75, 3.05) is 5.32 Å². The lowest BCUT2D eigenvalue weighted by atomic mass is 10.1. The summed E-state index contributed by atoms with van der Waals surface area (Å²) in [5.41, 5.74) is 0.0235. The molecule has 0 radical (unpaired) electrons. The topological polar surface area (TPSA) is 54.0 Å². The minimum atomic E-state index is -4.52. The molecule has 0 aliphatic carbocycles. The largest absolute Gasteiger partial charge is 0.433 e. The molecule has 0 aromatic carbocycles. The van der Waals surface area contributed by atoms with Gasteiger partial charge in [-0.15, -0.1) is 22.7 Å². The Bertz CT molecular complexity index is 1010. The summed E-state index contributed by atoms with van der Waals surface area (Å²) in [5, 5.41) is 8.51. The molecular formula is C15H9BrF3N3OS2. The van der Waals surface area contributed by atoms with Gasteiger partial charge in [-0.05, 0) is 40.5 Å². The SMILES string of the molecule is Cc1cc(C(F)(F)F)nc2sc3c(c12)N[C@H](c1cc(Br)cs1)NC3=O. The summed E-state index contributed by atoms with van der Waals surface area (Å²) in [6.07, 6.45) is -4.96. The van der Waals surface area contributed by atoms with Crippen LogP contribution in [0.2, 0.25) is 0 Å². The predicted octanol–water partition coefficient (Wildman–Crippen LogP) is 5.30. The van der Waals surface area contributed by atoms with E-state index < -0.39 is 18.0 Å². The Morgan fingerprint density at radius 1 is 1.28 bits per heavy atom. The maximum absolute atomic E-state index is 13.0. The van der Waals surface area contributed by atoms with Gasteiger partial charge in [0, 0.05) is 20.1 Å². The molecule has 0 saturated carbocycles. The van der Waals surface area contributed by atoms with Gasteiger partial charge in [-0.3, -0.25) is 4.79 Å². The number of carbonyl (C=O) groups is 1. The van der Waals surface area contributed by atoms with Gasteiger partial charge in [-0.25, -0.2) is 4.98 Å². The molecule has 25 heavy (non-hydrogen) atoms. The second-order valence-corrected chi connectivity index (χ2v) is 8.38. The molecule has 1 aliphatic heterocycles. The van der Waals surface area contributed by atoms with Crippen LogP contribution in [0.3, 0.4) is 0 Å². The van der Waals surface area contributed by atoms with E-state index in [9.17, 15) is 18.0 Å². The molecular weight excluding hydrogens is 439 g/mol. The zero-order chi connectivity index (χ0) is 17.9. The maximum atomic E-state index is 13.0. The first kappa shape index (κ1) is 16.8. The Balaban J connectivity index is 1.85. The standard InChI is InChI=1S/C15H9BrF3N3OS2/c1-5-2-8(15(17,18)19)20-14-9(5)10-11(25-14)13(23)22-12(21-10)7-3-6(16)4-24-7/h2-4,12,21H,1H3,(H,22,23)/t12-/m0/s1. The molecule has 2 N–H and O–H groups in total. The Morgan fingerprint density at radius 3 is 2.68 bits per heavy atom. The monoisotopic (exact) mass is 447 g/mol. The second kappa shape index (κ2) is 5.68. The fourth-order valence-electron chi connectivity index (χ4n) is 2.72. The molecule has 130 valence electrons. The smallest absolute Gasteiger partial charge is 0.359 e. The van der Waals surface area contributed by atoms with Crippen molar-refractivity contribution in [3.8, 4) is 0 Å². The summed E-state index contributed by atoms with van der Waals surface area (Å²) >= 11 is 5.80. The molecule has 4 rings (SSSR count). The number of thiophene rings is 2. The zero-order valence-electron chi connectivity index (χ0n) is 12.5. The first-order chi connectivity index (χ1) is 11.7. The van der Waals surface area contributed by atoms with Gasteiger partial charge < -0.3 is 10.6 Å². The number of alkyl halides is 3. The van der Waals surface area contributed by atoms with Crippen LogP contribution < -0.4 is 10.6 Å². The minimum absolute atomic E-state index is 0.202. The summed E-state index contributed by atoms with van der Waals surface area (Å²) in [6, 6.07) is 2.90. The molecule has 1 atom stereocenters. The van der Waals surface area contributed by atoms with E-state index in [1.165, 1.54) is 11.3 Å². The molecule has 0 saturated heterocycles. The Hall–Kier alpha value is -1.65. The highest BCUT2D eigenvalue weighted by Gasteiger charge is 2.35. The number of hydrogen-bond donors (Lipinski definition) is 2. The first-order valence-electron chi connectivity index (χ1n) is 7.06. The summed E-state index contributed by atoms with van der Waals surface area (Å²) in [7, 11) is 0. The maximum Gasteiger partial charge on any atom is 0.433 e. The van der Waals surface area contributed by atoms with Crippen molar-refractivity contribution in [2.45, 2.75) is 19.3 Å². The number of pyridine rings is 1. The van der Waals surface area contributed by atoms with E-state index in [1.807, 2.05) is 11.4 Å². The van der Waals surface area contributed by atoms with Gasteiger partial charge in [-0.1, -0.05) is 0 Å². The van der Waals surface area contributed by atoms with Crippen molar-refractivity contribution in [2.24, 2.45) is 0 Å². The molecule has 0 unspecified atom stereocenters. The number of aromatic nitrogens is 1. The van der Waals surface area contributed by atoms with Crippen molar-refractivity contribution < 1.29 is 18.0 Å². The van der Waals surface area contributed by atoms with Crippen LogP contribution in [0, 0.1) is 6.92 Å². The van der Waals surface area contributed by atoms with Crippen molar-refractivity contribution in [3.63, 3.8) is 0 Å². The van der Waals surface area contributed by atoms with E-state index in [2.05, 4.69) is 31.5 Å². The van der Waals surface area contributed by atoms with Crippen molar-refractivity contribution in [3.05, 3.63) is 43.0 Å². The zero-order valence-corrected chi connectivity index (χ0v) is 15.7. The Morgan fingerprint density at radius 2 is 2.04 bits per heavy atom. The molecule has 0 fully saturated rings. The molecule has 0 bridgehead atoms. The van der Waals surface area contributed by atoms with E-state index in [4.69, 9.17) is 0 Å². The van der Waals surface area contributed by atoms with Crippen molar-refractivity contribution in [1.29, 1.82) is 0 Å². The summed E-state index contributed by atoms with van der Waals surface area (Å²) in [4.78, 5) is 17.6. The fraction of sp³-hybridized carbons (Fsp3) is 0.200. The van der Waals surface area contributed by atoms with Gasteiger partial charge in [0.1, 0.15) is 21.6 Å². The number of carbonyl (C=O) groups excluding carboxylic acids is 1. The predicted molar refractivity (Wildman–Crippen MR) is 95.2 cm³/mol. The first-order valence-corrected chi connectivity index (χ1v) is 9.55. The number of fused-ring (bicyclic) bond motifs is 3. The number of hydrogen-bond acceptors (Lipinski definition) is 5. The highest BCUT2D eigenvalue weighted by atomic mass is 79.9. The van der Waals surface area contributed by atoms with Crippen LogP contribution in [0.15, 0.2) is 22.0 Å². The Labute approximate surface area is 156 Å². The minimum Gasteiger partial charge on any atom is -0.359 e. The molecule has 4 heterocycles. The van der Waals surface area contributed by atoms with Crippen molar-refractivity contribution in [1.82, 2.24) is 10.3 Å². The fourth-order valence-corrected chi connectivity index (χ4v) is 5.29. The average molecular weight is 448 g/mol. The lowest BCUT2D eigenvalue weighted by Crippen LogP contribution is -2.37. The van der Waals surface area contributed by atoms with Gasteiger partial charge in [0.25, 0.3) is 5.91 Å².